The molecule has 1 atom stereocenters. The topological polar surface area (TPSA) is 104 Å². The number of carbonyl (C=O) groups excluding carboxylic acids is 2. The largest absolute Gasteiger partial charge is 0.311 e. The minimum Gasteiger partial charge on any atom is -0.311 e. The summed E-state index contributed by atoms with van der Waals surface area (Å²) in [7, 11) is 0. The highest BCUT2D eigenvalue weighted by Gasteiger charge is 2.20. The highest BCUT2D eigenvalue weighted by Crippen LogP contribution is 2.12. The molecule has 2 rings (SSSR count). The Hall–Kier alpha value is -3.13. The molecule has 0 aliphatic carbocycles. The van der Waals surface area contributed by atoms with Crippen molar-refractivity contribution in [2.24, 2.45) is 5.92 Å². The van der Waals surface area contributed by atoms with Crippen molar-refractivity contribution in [1.29, 1.82) is 0 Å². The van der Waals surface area contributed by atoms with Gasteiger partial charge in [-0.2, -0.15) is 0 Å². The van der Waals surface area contributed by atoms with E-state index in [0.717, 1.165) is 24.8 Å². The van der Waals surface area contributed by atoms with Gasteiger partial charge in [-0.25, -0.2) is 5.06 Å². The number of hydrogen-bond donors (Lipinski definition) is 3. The Morgan fingerprint density at radius 2 is 2.00 bits per heavy atom. The fourth-order valence-electron chi connectivity index (χ4n) is 2.95. The average molecular weight is 400 g/mol. The molecule has 0 unspecified atom stereocenters. The van der Waals surface area contributed by atoms with Gasteiger partial charge in [0.1, 0.15) is 0 Å². The van der Waals surface area contributed by atoms with Crippen LogP contribution < -0.4 is 16.4 Å². The molecule has 1 aromatic carbocycles. The van der Waals surface area contributed by atoms with E-state index in [4.69, 9.17) is 0 Å². The number of amides is 2. The van der Waals surface area contributed by atoms with E-state index in [-0.39, 0.29) is 24.4 Å². The summed E-state index contributed by atoms with van der Waals surface area (Å²) in [6, 6.07) is 12.7. The summed E-state index contributed by atoms with van der Waals surface area (Å²) >= 11 is 0. The number of hydroxylamine groups is 2. The number of hydrogen-bond acceptors (Lipinski definition) is 5. The third kappa shape index (κ3) is 7.42. The standard InChI is InChI=1S/C21H28N4O4/c1-2-3-5-10-18(15-25(29)16-26)21(28)23-22-19-11-12-24(20(27)13-19)14-17-8-6-4-7-9-17/h4,6-9,11-13,16,18,22,29H,2-3,5,10,14-15H2,1H3,(H,23,28)/t18-/m0/s1. The monoisotopic (exact) mass is 400 g/mol. The molecule has 0 saturated heterocycles. The summed E-state index contributed by atoms with van der Waals surface area (Å²) in [5, 5.41) is 9.90. The minimum absolute atomic E-state index is 0.0839. The van der Waals surface area contributed by atoms with Crippen LogP contribution in [0, 0.1) is 5.92 Å². The van der Waals surface area contributed by atoms with Gasteiger partial charge < -0.3 is 4.57 Å². The fourth-order valence-corrected chi connectivity index (χ4v) is 2.95. The second-order valence-electron chi connectivity index (χ2n) is 6.90. The van der Waals surface area contributed by atoms with E-state index >= 15 is 0 Å². The maximum Gasteiger partial charge on any atom is 0.252 e. The molecule has 2 amide bonds. The number of nitrogens with zero attached hydrogens (tertiary/aromatic N) is 2. The lowest BCUT2D eigenvalue weighted by molar-refractivity contribution is -0.154. The fraction of sp³-hybridized carbons (Fsp3) is 0.381. The van der Waals surface area contributed by atoms with Gasteiger partial charge >= 0.3 is 0 Å². The lowest BCUT2D eigenvalue weighted by Crippen LogP contribution is -2.40. The number of hydrazine groups is 1. The second-order valence-corrected chi connectivity index (χ2v) is 6.90. The van der Waals surface area contributed by atoms with Crippen LogP contribution in [0.1, 0.15) is 38.2 Å². The summed E-state index contributed by atoms with van der Waals surface area (Å²) < 4.78 is 1.57. The third-order valence-corrected chi connectivity index (χ3v) is 4.58. The molecule has 8 nitrogen and oxygen atoms in total. The van der Waals surface area contributed by atoms with Crippen molar-refractivity contribution in [3.63, 3.8) is 0 Å². The van der Waals surface area contributed by atoms with Gasteiger partial charge in [-0.3, -0.25) is 30.4 Å². The van der Waals surface area contributed by atoms with Crippen LogP contribution in [0.25, 0.3) is 0 Å². The molecule has 0 bridgehead atoms. The zero-order valence-corrected chi connectivity index (χ0v) is 16.6. The third-order valence-electron chi connectivity index (χ3n) is 4.58. The van der Waals surface area contributed by atoms with Gasteiger partial charge in [0.05, 0.1) is 24.7 Å². The summed E-state index contributed by atoms with van der Waals surface area (Å²) in [6.07, 6.45) is 5.26. The van der Waals surface area contributed by atoms with Crippen LogP contribution in [0.3, 0.4) is 0 Å². The molecule has 0 spiro atoms. The normalized spacial score (nSPS) is 11.5. The summed E-state index contributed by atoms with van der Waals surface area (Å²) in [6.45, 7) is 2.43. The van der Waals surface area contributed by atoms with Crippen molar-refractivity contribution in [3.8, 4) is 0 Å². The lowest BCUT2D eigenvalue weighted by Gasteiger charge is -2.20. The van der Waals surface area contributed by atoms with Crippen LogP contribution in [0.15, 0.2) is 53.5 Å². The molecule has 8 heteroatoms. The van der Waals surface area contributed by atoms with Crippen LogP contribution in [-0.4, -0.2) is 33.7 Å². The molecular weight excluding hydrogens is 372 g/mol. The SMILES string of the molecule is CCCCC[C@@H](CN(O)C=O)C(=O)NNc1ccn(Cc2ccccc2)c(=O)c1. The van der Waals surface area contributed by atoms with Gasteiger partial charge in [-0.1, -0.05) is 56.5 Å². The molecular formula is C21H28N4O4. The van der Waals surface area contributed by atoms with Crippen LogP contribution in [0.5, 0.6) is 0 Å². The number of anilines is 1. The molecule has 0 aliphatic heterocycles. The van der Waals surface area contributed by atoms with Crippen LogP contribution >= 0.6 is 0 Å². The summed E-state index contributed by atoms with van der Waals surface area (Å²) in [5.41, 5.74) is 6.57. The van der Waals surface area contributed by atoms with Crippen LogP contribution in [-0.2, 0) is 16.1 Å². The molecule has 2 aromatic rings. The zero-order valence-electron chi connectivity index (χ0n) is 16.6. The Bertz CT molecular complexity index is 838. The number of pyridine rings is 1. The Balaban J connectivity index is 1.95. The van der Waals surface area contributed by atoms with E-state index in [1.165, 1.54) is 6.07 Å². The van der Waals surface area contributed by atoms with E-state index in [1.54, 1.807) is 16.8 Å². The number of unbranched alkanes of at least 4 members (excludes halogenated alkanes) is 2. The first kappa shape index (κ1) is 22.2. The number of aromatic nitrogens is 1. The Morgan fingerprint density at radius 1 is 1.24 bits per heavy atom. The molecule has 0 aliphatic rings. The van der Waals surface area contributed by atoms with Crippen LogP contribution in [0.4, 0.5) is 5.69 Å². The molecule has 1 heterocycles. The molecule has 1 aromatic heterocycles. The van der Waals surface area contributed by atoms with Crippen molar-refractivity contribution < 1.29 is 14.8 Å². The van der Waals surface area contributed by atoms with E-state index < -0.39 is 5.92 Å². The van der Waals surface area contributed by atoms with Crippen LogP contribution in [0.2, 0.25) is 0 Å². The zero-order chi connectivity index (χ0) is 21.1. The van der Waals surface area contributed by atoms with Crippen molar-refractivity contribution in [3.05, 3.63) is 64.6 Å². The highest BCUT2D eigenvalue weighted by atomic mass is 16.5. The quantitative estimate of drug-likeness (QED) is 0.220. The van der Waals surface area contributed by atoms with E-state index in [0.29, 0.717) is 23.7 Å². The number of carbonyl (C=O) groups is 2. The molecule has 0 fully saturated rings. The molecule has 156 valence electrons. The Labute approximate surface area is 170 Å². The highest BCUT2D eigenvalue weighted by molar-refractivity contribution is 5.80. The lowest BCUT2D eigenvalue weighted by atomic mass is 10.0. The number of nitrogens with one attached hydrogen (secondary N) is 2. The van der Waals surface area contributed by atoms with Gasteiger partial charge in [0.2, 0.25) is 12.3 Å². The van der Waals surface area contributed by atoms with Crippen molar-refractivity contribution >= 4 is 18.0 Å². The Kier molecular flexibility index (Phi) is 8.91. The van der Waals surface area contributed by atoms with Gasteiger partial charge in [0.15, 0.2) is 0 Å². The minimum atomic E-state index is -0.553. The van der Waals surface area contributed by atoms with Gasteiger partial charge in [0.25, 0.3) is 5.56 Å². The predicted octanol–water partition coefficient (Wildman–Crippen LogP) is 2.38. The first-order valence-corrected chi connectivity index (χ1v) is 9.74. The maximum absolute atomic E-state index is 12.4. The number of rotatable bonds is 12. The van der Waals surface area contributed by atoms with Crippen molar-refractivity contribution in [2.75, 3.05) is 12.0 Å². The molecule has 3 N–H and O–H groups in total. The summed E-state index contributed by atoms with van der Waals surface area (Å²) in [4.78, 5) is 35.4. The summed E-state index contributed by atoms with van der Waals surface area (Å²) in [5.74, 6) is -0.904. The van der Waals surface area contributed by atoms with Gasteiger partial charge in [-0.05, 0) is 18.1 Å². The van der Waals surface area contributed by atoms with Gasteiger partial charge in [-0.15, -0.1) is 0 Å². The first-order chi connectivity index (χ1) is 14.0. The van der Waals surface area contributed by atoms with Gasteiger partial charge in [0, 0.05) is 12.3 Å². The molecule has 0 radical (unpaired) electrons. The molecule has 0 saturated carbocycles. The first-order valence-electron chi connectivity index (χ1n) is 9.74. The van der Waals surface area contributed by atoms with E-state index in [2.05, 4.69) is 17.8 Å². The Morgan fingerprint density at radius 3 is 2.66 bits per heavy atom. The molecule has 29 heavy (non-hydrogen) atoms. The smallest absolute Gasteiger partial charge is 0.252 e. The maximum atomic E-state index is 12.4. The second kappa shape index (κ2) is 11.7. The van der Waals surface area contributed by atoms with E-state index in [9.17, 15) is 19.6 Å². The van der Waals surface area contributed by atoms with E-state index in [1.807, 2.05) is 30.3 Å². The van der Waals surface area contributed by atoms with Crippen molar-refractivity contribution in [1.82, 2.24) is 15.1 Å². The predicted molar refractivity (Wildman–Crippen MR) is 110 cm³/mol. The average Bonchev–Trinajstić information content (AvgIpc) is 2.73. The number of benzene rings is 1. The van der Waals surface area contributed by atoms with Crippen molar-refractivity contribution in [2.45, 2.75) is 39.2 Å².